The van der Waals surface area contributed by atoms with Crippen molar-refractivity contribution < 1.29 is 64.6 Å². The summed E-state index contributed by atoms with van der Waals surface area (Å²) in [7, 11) is 0. The summed E-state index contributed by atoms with van der Waals surface area (Å²) in [6.45, 7) is 2.63. The van der Waals surface area contributed by atoms with Gasteiger partial charge in [0.15, 0.2) is 12.6 Å². The second kappa shape index (κ2) is 46.1. The Kier molecular flexibility index (Phi) is 42.0. The third-order valence-electron chi connectivity index (χ3n) is 13.9. The highest BCUT2D eigenvalue weighted by Gasteiger charge is 2.51. The summed E-state index contributed by atoms with van der Waals surface area (Å²) < 4.78 is 22.7. The topological polar surface area (TPSA) is 228 Å². The van der Waals surface area contributed by atoms with Crippen LogP contribution in [0.2, 0.25) is 0 Å². The van der Waals surface area contributed by atoms with Crippen LogP contribution in [0, 0.1) is 0 Å². The van der Waals surface area contributed by atoms with Crippen molar-refractivity contribution in [2.45, 2.75) is 274 Å². The molecule has 2 aliphatic rings. The Hall–Kier alpha value is -2.83. The predicted molar refractivity (Wildman–Crippen MR) is 300 cm³/mol. The lowest BCUT2D eigenvalue weighted by Crippen LogP contribution is -2.65. The van der Waals surface area contributed by atoms with Gasteiger partial charge in [-0.2, -0.15) is 0 Å². The fourth-order valence-corrected chi connectivity index (χ4v) is 9.14. The fraction of sp³-hybridized carbons (Fsp3) is 0.754. The summed E-state index contributed by atoms with van der Waals surface area (Å²) in [6.07, 6.45) is 44.9. The number of ether oxygens (including phenoxy) is 4. The molecule has 9 N–H and O–H groups in total. The van der Waals surface area contributed by atoms with E-state index < -0.39 is 86.8 Å². The highest BCUT2D eigenvalue weighted by Crippen LogP contribution is 2.30. The van der Waals surface area contributed by atoms with Crippen LogP contribution in [0.3, 0.4) is 0 Å². The Balaban J connectivity index is 1.82. The van der Waals surface area contributed by atoms with Crippen molar-refractivity contribution >= 4 is 5.91 Å². The number of carbonyl (C=O) groups excluding carboxylic acids is 1. The molecule has 14 heteroatoms. The molecular formula is C61H105NO13. The van der Waals surface area contributed by atoms with Gasteiger partial charge in [0.25, 0.3) is 0 Å². The molecule has 2 heterocycles. The van der Waals surface area contributed by atoms with Gasteiger partial charge in [0.05, 0.1) is 32.0 Å². The molecule has 2 fully saturated rings. The van der Waals surface area contributed by atoms with Gasteiger partial charge < -0.3 is 65.1 Å². The van der Waals surface area contributed by atoms with Crippen molar-refractivity contribution in [3.8, 4) is 0 Å². The van der Waals surface area contributed by atoms with E-state index in [0.717, 1.165) is 64.2 Å². The number of carbonyl (C=O) groups is 1. The molecule has 0 saturated carbocycles. The number of hydrogen-bond donors (Lipinski definition) is 9. The van der Waals surface area contributed by atoms with Gasteiger partial charge in [-0.15, -0.1) is 0 Å². The number of amides is 1. The normalized spacial score (nSPS) is 25.7. The van der Waals surface area contributed by atoms with E-state index in [2.05, 4.69) is 79.9 Å². The molecule has 2 rings (SSSR count). The zero-order valence-corrected chi connectivity index (χ0v) is 46.3. The highest BCUT2D eigenvalue weighted by atomic mass is 16.7. The number of rotatable bonds is 45. The SMILES string of the molecule is CC/C=C\C/C=C\C/C=C\C/C=C\C/C=C\C/C=C\CCC(=O)NC(COC1OC(CO)C(OC2OC(CO)C(O)C(O)C2O)C(O)C1O)C(O)/C=C/CCCCCCCCCCCCCCCCCCCCCC. The van der Waals surface area contributed by atoms with Crippen molar-refractivity contribution in [1.82, 2.24) is 5.32 Å². The fourth-order valence-electron chi connectivity index (χ4n) is 9.14. The third-order valence-corrected chi connectivity index (χ3v) is 13.9. The zero-order valence-electron chi connectivity index (χ0n) is 46.3. The minimum atomic E-state index is -1.80. The van der Waals surface area contributed by atoms with Crippen molar-refractivity contribution in [3.05, 3.63) is 85.1 Å². The van der Waals surface area contributed by atoms with Gasteiger partial charge in [-0.25, -0.2) is 0 Å². The summed E-state index contributed by atoms with van der Waals surface area (Å²) in [5.74, 6) is -0.323. The number of nitrogens with one attached hydrogen (secondary N) is 1. The number of aliphatic hydroxyl groups is 8. The Morgan fingerprint density at radius 2 is 0.920 bits per heavy atom. The molecule has 0 spiro atoms. The summed E-state index contributed by atoms with van der Waals surface area (Å²) in [6, 6.07) is -0.961. The van der Waals surface area contributed by atoms with Crippen LogP contribution < -0.4 is 5.32 Å². The first kappa shape index (κ1) is 68.3. The maximum absolute atomic E-state index is 13.2. The first-order valence-electron chi connectivity index (χ1n) is 29.3. The Morgan fingerprint density at radius 1 is 0.493 bits per heavy atom. The average Bonchev–Trinajstić information content (AvgIpc) is 3.41. The molecular weight excluding hydrogens is 955 g/mol. The van der Waals surface area contributed by atoms with E-state index in [9.17, 15) is 45.6 Å². The summed E-state index contributed by atoms with van der Waals surface area (Å²) in [5, 5.41) is 87.0. The summed E-state index contributed by atoms with van der Waals surface area (Å²) >= 11 is 0. The molecule has 0 aromatic heterocycles. The largest absolute Gasteiger partial charge is 0.394 e. The molecule has 0 aromatic carbocycles. The van der Waals surface area contributed by atoms with Gasteiger partial charge in [-0.1, -0.05) is 221 Å². The smallest absolute Gasteiger partial charge is 0.220 e. The standard InChI is InChI=1S/C61H105NO13/c1-3-5-7-9-11-13-15-17-19-21-23-24-25-27-28-30-32-34-36-38-40-42-44-50(65)49(62-53(66)45-43-41-39-37-35-33-31-29-26-22-20-18-16-14-12-10-8-6-4-2)48-72-60-58(71)56(69)59(52(47-64)74-60)75-61-57(70)55(68)54(67)51(46-63)73-61/h6,8,12,14,18,20,26,29,33,35,39,41-42,44,49-52,54-61,63-65,67-71H,3-5,7,9-11,13,15-17,19,21-25,27-28,30-32,34,36-38,40,43,45-48H2,1-2H3,(H,62,66)/b8-6-,14-12-,20-18-,29-26-,35-33-,41-39-,44-42+. The van der Waals surface area contributed by atoms with Crippen LogP contribution >= 0.6 is 0 Å². The zero-order chi connectivity index (χ0) is 54.6. The number of allylic oxidation sites excluding steroid dienone is 13. The molecule has 432 valence electrons. The first-order valence-corrected chi connectivity index (χ1v) is 29.3. The van der Waals surface area contributed by atoms with E-state index in [1.807, 2.05) is 18.2 Å². The molecule has 0 aromatic rings. The average molecular weight is 1060 g/mol. The predicted octanol–water partition coefficient (Wildman–Crippen LogP) is 9.72. The van der Waals surface area contributed by atoms with Crippen molar-refractivity contribution in [2.24, 2.45) is 0 Å². The molecule has 0 bridgehead atoms. The van der Waals surface area contributed by atoms with Gasteiger partial charge in [0.2, 0.25) is 5.91 Å². The first-order chi connectivity index (χ1) is 36.6. The number of hydrogen-bond acceptors (Lipinski definition) is 13. The van der Waals surface area contributed by atoms with E-state index in [0.29, 0.717) is 6.42 Å². The molecule has 2 aliphatic heterocycles. The lowest BCUT2D eigenvalue weighted by Gasteiger charge is -2.46. The molecule has 0 aliphatic carbocycles. The van der Waals surface area contributed by atoms with Crippen molar-refractivity contribution in [3.63, 3.8) is 0 Å². The molecule has 1 amide bonds. The van der Waals surface area contributed by atoms with Crippen LogP contribution in [0.25, 0.3) is 0 Å². The number of unbranched alkanes of at least 4 members (excludes halogenated alkanes) is 20. The molecule has 0 radical (unpaired) electrons. The molecule has 75 heavy (non-hydrogen) atoms. The van der Waals surface area contributed by atoms with E-state index in [1.165, 1.54) is 109 Å². The lowest BCUT2D eigenvalue weighted by atomic mass is 9.97. The molecule has 12 atom stereocenters. The Labute approximate surface area is 452 Å². The molecule has 12 unspecified atom stereocenters. The quantitative estimate of drug-likeness (QED) is 0.0205. The van der Waals surface area contributed by atoms with Gasteiger partial charge in [-0.05, 0) is 57.8 Å². The van der Waals surface area contributed by atoms with Crippen LogP contribution in [-0.2, 0) is 23.7 Å². The van der Waals surface area contributed by atoms with E-state index in [-0.39, 0.29) is 18.9 Å². The van der Waals surface area contributed by atoms with Crippen molar-refractivity contribution in [2.75, 3.05) is 19.8 Å². The van der Waals surface area contributed by atoms with Crippen molar-refractivity contribution in [1.29, 1.82) is 0 Å². The maximum Gasteiger partial charge on any atom is 0.220 e. The van der Waals surface area contributed by atoms with Gasteiger partial charge in [0, 0.05) is 6.42 Å². The third kappa shape index (κ3) is 32.0. The van der Waals surface area contributed by atoms with Crippen LogP contribution in [0.15, 0.2) is 85.1 Å². The van der Waals surface area contributed by atoms with Gasteiger partial charge >= 0.3 is 0 Å². The Morgan fingerprint density at radius 3 is 1.39 bits per heavy atom. The maximum atomic E-state index is 13.2. The van der Waals surface area contributed by atoms with Crippen LogP contribution in [0.1, 0.15) is 200 Å². The van der Waals surface area contributed by atoms with Crippen LogP contribution in [0.5, 0.6) is 0 Å². The summed E-state index contributed by atoms with van der Waals surface area (Å²) in [4.78, 5) is 13.2. The van der Waals surface area contributed by atoms with Gasteiger partial charge in [0.1, 0.15) is 48.8 Å². The minimum Gasteiger partial charge on any atom is -0.394 e. The summed E-state index contributed by atoms with van der Waals surface area (Å²) in [5.41, 5.74) is 0. The van der Waals surface area contributed by atoms with E-state index >= 15 is 0 Å². The highest BCUT2D eigenvalue weighted by molar-refractivity contribution is 5.76. The van der Waals surface area contributed by atoms with Crippen LogP contribution in [0.4, 0.5) is 0 Å². The minimum absolute atomic E-state index is 0.152. The second-order valence-corrected chi connectivity index (χ2v) is 20.4. The number of aliphatic hydroxyl groups excluding tert-OH is 8. The Bertz CT molecular complexity index is 1580. The monoisotopic (exact) mass is 1060 g/mol. The lowest BCUT2D eigenvalue weighted by molar-refractivity contribution is -0.359. The molecule has 14 nitrogen and oxygen atoms in total. The van der Waals surface area contributed by atoms with E-state index in [1.54, 1.807) is 6.08 Å². The van der Waals surface area contributed by atoms with Crippen LogP contribution in [-0.4, -0.2) is 140 Å². The second-order valence-electron chi connectivity index (χ2n) is 20.4. The molecule has 2 saturated heterocycles. The van der Waals surface area contributed by atoms with Gasteiger partial charge in [-0.3, -0.25) is 4.79 Å². The van der Waals surface area contributed by atoms with E-state index in [4.69, 9.17) is 18.9 Å².